The van der Waals surface area contributed by atoms with Crippen LogP contribution in [-0.2, 0) is 9.63 Å². The molecular weight excluding hydrogens is 300 g/mol. The molecule has 0 amide bonds. The Morgan fingerprint density at radius 3 is 2.58 bits per heavy atom. The highest BCUT2D eigenvalue weighted by atomic mass is 16.7. The summed E-state index contributed by atoms with van der Waals surface area (Å²) in [6.45, 7) is 5.69. The third-order valence-corrected chi connectivity index (χ3v) is 4.05. The van der Waals surface area contributed by atoms with Gasteiger partial charge in [-0.3, -0.25) is 0 Å². The Morgan fingerprint density at radius 1 is 1.12 bits per heavy atom. The van der Waals surface area contributed by atoms with Gasteiger partial charge >= 0.3 is 5.97 Å². The fourth-order valence-electron chi connectivity index (χ4n) is 2.73. The summed E-state index contributed by atoms with van der Waals surface area (Å²) in [4.78, 5) is 16.3. The number of carbonyl (C=O) groups excluding carboxylic acids is 1. The van der Waals surface area contributed by atoms with Crippen LogP contribution in [0.4, 0.5) is 0 Å². The summed E-state index contributed by atoms with van der Waals surface area (Å²) in [6, 6.07) is 16.4. The van der Waals surface area contributed by atoms with E-state index in [1.54, 1.807) is 6.92 Å². The molecule has 0 saturated carbocycles. The van der Waals surface area contributed by atoms with E-state index in [0.29, 0.717) is 12.1 Å². The number of hydrogen-bond donors (Lipinski definition) is 0. The number of aromatic nitrogens is 1. The SMILES string of the molecule is CCC(=O)O/N=C(\C)c1cn(-c2ccccc2C)c2ccccc12. The maximum Gasteiger partial charge on any atom is 0.334 e. The van der Waals surface area contributed by atoms with Crippen molar-refractivity contribution >= 4 is 22.6 Å². The minimum Gasteiger partial charge on any atom is -0.318 e. The number of rotatable bonds is 4. The lowest BCUT2D eigenvalue weighted by atomic mass is 10.1. The first-order chi connectivity index (χ1) is 11.6. The van der Waals surface area contributed by atoms with Crippen molar-refractivity contribution in [2.75, 3.05) is 0 Å². The lowest BCUT2D eigenvalue weighted by Gasteiger charge is -2.08. The van der Waals surface area contributed by atoms with E-state index < -0.39 is 0 Å². The molecule has 0 N–H and O–H groups in total. The van der Waals surface area contributed by atoms with E-state index in [2.05, 4.69) is 40.9 Å². The van der Waals surface area contributed by atoms with E-state index in [1.807, 2.05) is 37.4 Å². The van der Waals surface area contributed by atoms with E-state index in [0.717, 1.165) is 22.2 Å². The van der Waals surface area contributed by atoms with Gasteiger partial charge in [-0.1, -0.05) is 48.5 Å². The molecule has 1 heterocycles. The van der Waals surface area contributed by atoms with Gasteiger partial charge in [-0.2, -0.15) is 0 Å². The van der Waals surface area contributed by atoms with Crippen LogP contribution in [0.3, 0.4) is 0 Å². The van der Waals surface area contributed by atoms with Crippen LogP contribution >= 0.6 is 0 Å². The fraction of sp³-hybridized carbons (Fsp3) is 0.200. The van der Waals surface area contributed by atoms with Crippen molar-refractivity contribution in [3.63, 3.8) is 0 Å². The molecule has 4 nitrogen and oxygen atoms in total. The second-order valence-electron chi connectivity index (χ2n) is 5.71. The van der Waals surface area contributed by atoms with Crippen LogP contribution in [0.25, 0.3) is 16.6 Å². The zero-order valence-corrected chi connectivity index (χ0v) is 14.1. The van der Waals surface area contributed by atoms with Crippen molar-refractivity contribution in [1.29, 1.82) is 0 Å². The number of hydrogen-bond acceptors (Lipinski definition) is 3. The summed E-state index contributed by atoms with van der Waals surface area (Å²) in [5.41, 5.74) is 5.05. The van der Waals surface area contributed by atoms with Gasteiger partial charge in [0.15, 0.2) is 0 Å². The van der Waals surface area contributed by atoms with Gasteiger partial charge in [0.25, 0.3) is 0 Å². The minimum atomic E-state index is -0.336. The van der Waals surface area contributed by atoms with Crippen LogP contribution in [0.5, 0.6) is 0 Å². The quantitative estimate of drug-likeness (QED) is 0.400. The summed E-state index contributed by atoms with van der Waals surface area (Å²) in [6.07, 6.45) is 2.35. The molecule has 0 saturated heterocycles. The molecule has 3 aromatic rings. The second kappa shape index (κ2) is 6.71. The first-order valence-corrected chi connectivity index (χ1v) is 8.02. The van der Waals surface area contributed by atoms with Crippen molar-refractivity contribution in [2.24, 2.45) is 5.16 Å². The molecule has 2 aromatic carbocycles. The largest absolute Gasteiger partial charge is 0.334 e. The van der Waals surface area contributed by atoms with Gasteiger partial charge in [0.1, 0.15) is 0 Å². The Kier molecular flexibility index (Phi) is 4.47. The molecule has 1 aromatic heterocycles. The third kappa shape index (κ3) is 2.95. The van der Waals surface area contributed by atoms with E-state index in [9.17, 15) is 4.79 Å². The molecule has 0 aliphatic carbocycles. The predicted octanol–water partition coefficient (Wildman–Crippen LogP) is 4.62. The highest BCUT2D eigenvalue weighted by molar-refractivity contribution is 6.10. The normalized spacial score (nSPS) is 11.7. The van der Waals surface area contributed by atoms with E-state index in [1.165, 1.54) is 5.56 Å². The van der Waals surface area contributed by atoms with Crippen LogP contribution in [-0.4, -0.2) is 16.2 Å². The highest BCUT2D eigenvalue weighted by Crippen LogP contribution is 2.27. The molecule has 0 aliphatic rings. The van der Waals surface area contributed by atoms with Crippen LogP contribution in [0.1, 0.15) is 31.4 Å². The van der Waals surface area contributed by atoms with Crippen molar-refractivity contribution in [1.82, 2.24) is 4.57 Å². The van der Waals surface area contributed by atoms with Crippen LogP contribution in [0.15, 0.2) is 59.9 Å². The monoisotopic (exact) mass is 320 g/mol. The molecule has 0 unspecified atom stereocenters. The first-order valence-electron chi connectivity index (χ1n) is 8.02. The van der Waals surface area contributed by atoms with Crippen molar-refractivity contribution in [3.8, 4) is 5.69 Å². The van der Waals surface area contributed by atoms with Crippen LogP contribution in [0.2, 0.25) is 0 Å². The highest BCUT2D eigenvalue weighted by Gasteiger charge is 2.13. The molecule has 4 heteroatoms. The topological polar surface area (TPSA) is 43.6 Å². The lowest BCUT2D eigenvalue weighted by Crippen LogP contribution is -2.01. The molecule has 24 heavy (non-hydrogen) atoms. The maximum absolute atomic E-state index is 11.3. The van der Waals surface area contributed by atoms with Crippen molar-refractivity contribution in [2.45, 2.75) is 27.2 Å². The molecule has 0 fully saturated rings. The number of oxime groups is 1. The number of para-hydroxylation sites is 2. The molecule has 3 rings (SSSR count). The molecule has 0 atom stereocenters. The summed E-state index contributed by atoms with van der Waals surface area (Å²) < 4.78 is 2.15. The Morgan fingerprint density at radius 2 is 1.83 bits per heavy atom. The molecule has 0 spiro atoms. The number of carbonyl (C=O) groups is 1. The van der Waals surface area contributed by atoms with Gasteiger partial charge in [-0.15, -0.1) is 0 Å². The zero-order chi connectivity index (χ0) is 17.1. The average Bonchev–Trinajstić information content (AvgIpc) is 2.99. The Labute approximate surface area is 141 Å². The molecular formula is C20H20N2O2. The van der Waals surface area contributed by atoms with Gasteiger partial charge in [-0.25, -0.2) is 4.79 Å². The molecule has 0 radical (unpaired) electrons. The van der Waals surface area contributed by atoms with Gasteiger partial charge in [-0.05, 0) is 31.5 Å². The van der Waals surface area contributed by atoms with Gasteiger partial charge in [0.2, 0.25) is 0 Å². The van der Waals surface area contributed by atoms with E-state index in [4.69, 9.17) is 4.84 Å². The van der Waals surface area contributed by atoms with Gasteiger partial charge in [0, 0.05) is 29.3 Å². The van der Waals surface area contributed by atoms with Crippen LogP contribution < -0.4 is 0 Å². The molecule has 0 aliphatic heterocycles. The molecule has 0 bridgehead atoms. The fourth-order valence-corrected chi connectivity index (χ4v) is 2.73. The van der Waals surface area contributed by atoms with E-state index >= 15 is 0 Å². The Bertz CT molecular complexity index is 922. The number of nitrogens with zero attached hydrogens (tertiary/aromatic N) is 2. The zero-order valence-electron chi connectivity index (χ0n) is 14.1. The van der Waals surface area contributed by atoms with Gasteiger partial charge < -0.3 is 9.40 Å². The number of aryl methyl sites for hydroxylation is 1. The Hall–Kier alpha value is -2.88. The summed E-state index contributed by atoms with van der Waals surface area (Å²) >= 11 is 0. The van der Waals surface area contributed by atoms with Gasteiger partial charge in [0.05, 0.1) is 11.2 Å². The summed E-state index contributed by atoms with van der Waals surface area (Å²) in [7, 11) is 0. The Balaban J connectivity index is 2.14. The maximum atomic E-state index is 11.3. The standard InChI is InChI=1S/C20H20N2O2/c1-4-20(23)24-21-15(3)17-13-22(18-11-7-5-9-14(18)2)19-12-8-6-10-16(17)19/h5-13H,4H2,1-3H3/b21-15+. The predicted molar refractivity (Wildman–Crippen MR) is 96.6 cm³/mol. The smallest absolute Gasteiger partial charge is 0.318 e. The molecule has 122 valence electrons. The average molecular weight is 320 g/mol. The van der Waals surface area contributed by atoms with E-state index in [-0.39, 0.29) is 5.97 Å². The minimum absolute atomic E-state index is 0.307. The number of benzene rings is 2. The number of fused-ring (bicyclic) bond motifs is 1. The first kappa shape index (κ1) is 16.0. The van der Waals surface area contributed by atoms with Crippen molar-refractivity contribution < 1.29 is 9.63 Å². The van der Waals surface area contributed by atoms with Crippen molar-refractivity contribution in [3.05, 3.63) is 65.9 Å². The third-order valence-electron chi connectivity index (χ3n) is 4.05. The van der Waals surface area contributed by atoms with Crippen LogP contribution in [0, 0.1) is 6.92 Å². The summed E-state index contributed by atoms with van der Waals surface area (Å²) in [5.74, 6) is -0.336. The second-order valence-corrected chi connectivity index (χ2v) is 5.71. The summed E-state index contributed by atoms with van der Waals surface area (Å²) in [5, 5.41) is 5.08. The lowest BCUT2D eigenvalue weighted by molar-refractivity contribution is -0.143.